The largest absolute Gasteiger partial charge is 0.293 e. The molecule has 0 saturated heterocycles. The van der Waals surface area contributed by atoms with E-state index >= 15 is 0 Å². The molecule has 0 saturated carbocycles. The molecule has 5 nitrogen and oxygen atoms in total. The third-order valence-corrected chi connectivity index (χ3v) is 2.62. The van der Waals surface area contributed by atoms with Crippen molar-refractivity contribution in [1.29, 1.82) is 0 Å². The van der Waals surface area contributed by atoms with Crippen molar-refractivity contribution in [1.82, 2.24) is 0 Å². The monoisotopic (exact) mass is 239 g/mol. The number of carbonyl (C=O) groups is 2. The van der Waals surface area contributed by atoms with Gasteiger partial charge in [0.15, 0.2) is 10.9 Å². The van der Waals surface area contributed by atoms with Gasteiger partial charge in [-0.25, -0.2) is 0 Å². The van der Waals surface area contributed by atoms with Crippen molar-refractivity contribution in [3.8, 4) is 0 Å². The molecule has 16 heavy (non-hydrogen) atoms. The summed E-state index contributed by atoms with van der Waals surface area (Å²) < 4.78 is 0. The summed E-state index contributed by atoms with van der Waals surface area (Å²) in [6.45, 7) is 1.38. The van der Waals surface area contributed by atoms with Crippen molar-refractivity contribution in [3.63, 3.8) is 0 Å². The first kappa shape index (κ1) is 12.4. The predicted octanol–water partition coefficient (Wildman–Crippen LogP) is 2.06. The van der Waals surface area contributed by atoms with Crippen LogP contribution in [0.15, 0.2) is 24.3 Å². The van der Waals surface area contributed by atoms with Crippen LogP contribution in [0.5, 0.6) is 0 Å². The molecule has 0 unspecified atom stereocenters. The molecular formula is C10H9NO4S. The van der Waals surface area contributed by atoms with Crippen LogP contribution in [-0.2, 0) is 4.79 Å². The van der Waals surface area contributed by atoms with Gasteiger partial charge in [0.1, 0.15) is 0 Å². The molecule has 0 spiro atoms. The number of rotatable bonds is 4. The molecule has 0 amide bonds. The Hall–Kier alpha value is -1.69. The summed E-state index contributed by atoms with van der Waals surface area (Å²) in [6.07, 6.45) is 0. The van der Waals surface area contributed by atoms with Crippen LogP contribution in [0.25, 0.3) is 0 Å². The zero-order chi connectivity index (χ0) is 12.1. The van der Waals surface area contributed by atoms with Crippen molar-refractivity contribution in [3.05, 3.63) is 39.9 Å². The maximum Gasteiger partial charge on any atom is 0.269 e. The average Bonchev–Trinajstić information content (AvgIpc) is 2.26. The highest BCUT2D eigenvalue weighted by atomic mass is 32.2. The number of benzene rings is 1. The Balaban J connectivity index is 2.70. The Morgan fingerprint density at radius 3 is 2.31 bits per heavy atom. The number of thioether (sulfide) groups is 1. The summed E-state index contributed by atoms with van der Waals surface area (Å²) in [5, 5.41) is 10.2. The number of nitro benzene ring substituents is 1. The lowest BCUT2D eigenvalue weighted by molar-refractivity contribution is -0.384. The average molecular weight is 239 g/mol. The van der Waals surface area contributed by atoms with Crippen molar-refractivity contribution in [2.75, 3.05) is 5.75 Å². The molecular weight excluding hydrogens is 230 g/mol. The fraction of sp³-hybridized carbons (Fsp3) is 0.200. The first-order valence-corrected chi connectivity index (χ1v) is 5.40. The normalized spacial score (nSPS) is 9.81. The van der Waals surface area contributed by atoms with Crippen LogP contribution >= 0.6 is 11.8 Å². The maximum atomic E-state index is 11.5. The van der Waals surface area contributed by atoms with E-state index in [0.717, 1.165) is 11.8 Å². The fourth-order valence-corrected chi connectivity index (χ4v) is 1.52. The van der Waals surface area contributed by atoms with Crippen LogP contribution in [0.4, 0.5) is 5.69 Å². The third-order valence-electron chi connectivity index (χ3n) is 1.81. The van der Waals surface area contributed by atoms with E-state index in [2.05, 4.69) is 0 Å². The molecule has 0 N–H and O–H groups in total. The molecule has 6 heteroatoms. The van der Waals surface area contributed by atoms with Gasteiger partial charge in [0.25, 0.3) is 5.69 Å². The van der Waals surface area contributed by atoms with Gasteiger partial charge in [-0.3, -0.25) is 19.7 Å². The zero-order valence-electron chi connectivity index (χ0n) is 8.50. The van der Waals surface area contributed by atoms with Gasteiger partial charge in [-0.1, -0.05) is 11.8 Å². The molecule has 0 fully saturated rings. The van der Waals surface area contributed by atoms with E-state index in [1.807, 2.05) is 0 Å². The van der Waals surface area contributed by atoms with Crippen molar-refractivity contribution in [2.24, 2.45) is 0 Å². The van der Waals surface area contributed by atoms with Gasteiger partial charge >= 0.3 is 0 Å². The first-order chi connectivity index (χ1) is 7.50. The SMILES string of the molecule is CC(=O)SCC(=O)c1ccc([N+](=O)[O-])cc1. The number of Topliss-reactive ketones (excluding diaryl/α,β-unsaturated/α-hetero) is 1. The van der Waals surface area contributed by atoms with Crippen LogP contribution < -0.4 is 0 Å². The van der Waals surface area contributed by atoms with E-state index in [0.29, 0.717) is 5.56 Å². The van der Waals surface area contributed by atoms with Gasteiger partial charge in [0.05, 0.1) is 10.7 Å². The summed E-state index contributed by atoms with van der Waals surface area (Å²) in [4.78, 5) is 32.0. The van der Waals surface area contributed by atoms with E-state index in [1.54, 1.807) is 0 Å². The van der Waals surface area contributed by atoms with Gasteiger partial charge in [-0.2, -0.15) is 0 Å². The lowest BCUT2D eigenvalue weighted by Crippen LogP contribution is -2.04. The zero-order valence-corrected chi connectivity index (χ0v) is 9.32. The minimum absolute atomic E-state index is 0.0595. The molecule has 0 aliphatic heterocycles. The van der Waals surface area contributed by atoms with E-state index in [9.17, 15) is 19.7 Å². The number of non-ortho nitro benzene ring substituents is 1. The molecule has 0 bridgehead atoms. The Kier molecular flexibility index (Phi) is 4.19. The quantitative estimate of drug-likeness (QED) is 0.456. The van der Waals surface area contributed by atoms with Crippen LogP contribution in [0.2, 0.25) is 0 Å². The number of ketones is 1. The second kappa shape index (κ2) is 5.41. The Morgan fingerprint density at radius 2 is 1.88 bits per heavy atom. The molecule has 0 heterocycles. The Bertz CT molecular complexity index is 427. The van der Waals surface area contributed by atoms with Crippen molar-refractivity contribution in [2.45, 2.75) is 6.92 Å². The summed E-state index contributed by atoms with van der Waals surface area (Å²) in [5.41, 5.74) is 0.315. The van der Waals surface area contributed by atoms with Crippen LogP contribution in [0, 0.1) is 10.1 Å². The van der Waals surface area contributed by atoms with E-state index in [1.165, 1.54) is 31.2 Å². The molecule has 0 aliphatic carbocycles. The van der Waals surface area contributed by atoms with Gasteiger partial charge < -0.3 is 0 Å². The summed E-state index contributed by atoms with van der Waals surface area (Å²) in [7, 11) is 0. The first-order valence-electron chi connectivity index (χ1n) is 4.41. The number of hydrogen-bond donors (Lipinski definition) is 0. The topological polar surface area (TPSA) is 77.3 Å². The van der Waals surface area contributed by atoms with Crippen LogP contribution in [-0.4, -0.2) is 21.6 Å². The second-order valence-electron chi connectivity index (χ2n) is 3.01. The molecule has 0 radical (unpaired) electrons. The summed E-state index contributed by atoms with van der Waals surface area (Å²) in [5.74, 6) is -0.150. The Labute approximate surface area is 96.0 Å². The lowest BCUT2D eigenvalue weighted by Gasteiger charge is -1.98. The highest BCUT2D eigenvalue weighted by Gasteiger charge is 2.10. The molecule has 1 rings (SSSR count). The molecule has 0 aromatic heterocycles. The molecule has 0 aliphatic rings. The lowest BCUT2D eigenvalue weighted by atomic mass is 10.1. The predicted molar refractivity (Wildman–Crippen MR) is 60.6 cm³/mol. The van der Waals surface area contributed by atoms with Gasteiger partial charge in [0, 0.05) is 24.6 Å². The van der Waals surface area contributed by atoms with E-state index in [-0.39, 0.29) is 22.3 Å². The van der Waals surface area contributed by atoms with Crippen LogP contribution in [0.1, 0.15) is 17.3 Å². The molecule has 0 atom stereocenters. The smallest absolute Gasteiger partial charge is 0.269 e. The van der Waals surface area contributed by atoms with E-state index < -0.39 is 4.92 Å². The highest BCUT2D eigenvalue weighted by Crippen LogP contribution is 2.14. The fourth-order valence-electron chi connectivity index (χ4n) is 1.02. The van der Waals surface area contributed by atoms with Gasteiger partial charge in [-0.05, 0) is 12.1 Å². The highest BCUT2D eigenvalue weighted by molar-refractivity contribution is 8.14. The van der Waals surface area contributed by atoms with Crippen molar-refractivity contribution < 1.29 is 14.5 Å². The summed E-state index contributed by atoms with van der Waals surface area (Å²) in [6, 6.07) is 5.32. The van der Waals surface area contributed by atoms with Crippen LogP contribution in [0.3, 0.4) is 0 Å². The molecule has 1 aromatic carbocycles. The van der Waals surface area contributed by atoms with Crippen molar-refractivity contribution >= 4 is 28.3 Å². The molecule has 1 aromatic rings. The third kappa shape index (κ3) is 3.47. The maximum absolute atomic E-state index is 11.5. The molecule has 84 valence electrons. The number of nitrogens with zero attached hydrogens (tertiary/aromatic N) is 1. The van der Waals surface area contributed by atoms with Gasteiger partial charge in [-0.15, -0.1) is 0 Å². The van der Waals surface area contributed by atoms with Gasteiger partial charge in [0.2, 0.25) is 0 Å². The number of nitro groups is 1. The minimum Gasteiger partial charge on any atom is -0.293 e. The second-order valence-corrected chi connectivity index (χ2v) is 4.16. The standard InChI is InChI=1S/C10H9NO4S/c1-7(12)16-6-10(13)8-2-4-9(5-3-8)11(14)15/h2-5H,6H2,1H3. The van der Waals surface area contributed by atoms with E-state index in [4.69, 9.17) is 0 Å². The Morgan fingerprint density at radius 1 is 1.31 bits per heavy atom. The minimum atomic E-state index is -0.529. The number of hydrogen-bond acceptors (Lipinski definition) is 5. The number of carbonyl (C=O) groups excluding carboxylic acids is 2. The summed E-state index contributed by atoms with van der Waals surface area (Å²) >= 11 is 0.922.